The molecule has 0 aromatic heterocycles. The number of rotatable bonds is 4. The van der Waals surface area contributed by atoms with Crippen LogP contribution in [0.5, 0.6) is 0 Å². The van der Waals surface area contributed by atoms with Crippen LogP contribution >= 0.6 is 0 Å². The molecule has 1 heterocycles. The van der Waals surface area contributed by atoms with Crippen molar-refractivity contribution >= 4 is 0 Å². The summed E-state index contributed by atoms with van der Waals surface area (Å²) in [6.07, 6.45) is 10.00. The molecule has 1 aliphatic heterocycles. The zero-order valence-electron chi connectivity index (χ0n) is 12.7. The van der Waals surface area contributed by atoms with Crippen LogP contribution in [0.2, 0.25) is 0 Å². The fourth-order valence-electron chi connectivity index (χ4n) is 4.33. The summed E-state index contributed by atoms with van der Waals surface area (Å²) in [5, 5.41) is 3.48. The Balaban J connectivity index is 2.00. The molecule has 2 nitrogen and oxygen atoms in total. The normalized spacial score (nSPS) is 38.8. The van der Waals surface area contributed by atoms with Gasteiger partial charge in [-0.3, -0.25) is 0 Å². The molecule has 18 heavy (non-hydrogen) atoms. The standard InChI is InChI=1S/C16H32N2/c1-14-7-6-9-16(11-14,12-17-3)13-18-10-5-4-8-15(18)2/h14-15,17H,4-13H2,1-3H3. The van der Waals surface area contributed by atoms with Gasteiger partial charge in [0.15, 0.2) is 0 Å². The molecule has 0 bridgehead atoms. The Labute approximate surface area is 114 Å². The highest BCUT2D eigenvalue weighted by atomic mass is 15.2. The lowest BCUT2D eigenvalue weighted by Gasteiger charge is -2.46. The molecule has 2 rings (SSSR count). The molecule has 3 unspecified atom stereocenters. The minimum atomic E-state index is 0.554. The van der Waals surface area contributed by atoms with Crippen molar-refractivity contribution in [2.75, 3.05) is 26.7 Å². The third kappa shape index (κ3) is 3.48. The number of hydrogen-bond donors (Lipinski definition) is 1. The molecule has 1 aliphatic carbocycles. The maximum absolute atomic E-state index is 3.48. The van der Waals surface area contributed by atoms with Gasteiger partial charge in [-0.15, -0.1) is 0 Å². The lowest BCUT2D eigenvalue weighted by molar-refractivity contribution is 0.0478. The molecule has 2 aliphatic rings. The summed E-state index contributed by atoms with van der Waals surface area (Å²) < 4.78 is 0. The van der Waals surface area contributed by atoms with Gasteiger partial charge in [0.25, 0.3) is 0 Å². The fourth-order valence-corrected chi connectivity index (χ4v) is 4.33. The number of nitrogens with one attached hydrogen (secondary N) is 1. The van der Waals surface area contributed by atoms with E-state index >= 15 is 0 Å². The third-order valence-electron chi connectivity index (χ3n) is 5.22. The zero-order valence-corrected chi connectivity index (χ0v) is 12.7. The van der Waals surface area contributed by atoms with Gasteiger partial charge in [-0.2, -0.15) is 0 Å². The van der Waals surface area contributed by atoms with E-state index in [1.807, 2.05) is 0 Å². The van der Waals surface area contributed by atoms with Gasteiger partial charge in [0.05, 0.1) is 0 Å². The van der Waals surface area contributed by atoms with Crippen LogP contribution in [0.3, 0.4) is 0 Å². The maximum Gasteiger partial charge on any atom is 0.00671 e. The van der Waals surface area contributed by atoms with Crippen molar-refractivity contribution in [2.45, 2.75) is 64.8 Å². The van der Waals surface area contributed by atoms with Crippen molar-refractivity contribution in [3.05, 3.63) is 0 Å². The highest BCUT2D eigenvalue weighted by Crippen LogP contribution is 2.40. The predicted molar refractivity (Wildman–Crippen MR) is 78.9 cm³/mol. The number of hydrogen-bond acceptors (Lipinski definition) is 2. The first-order chi connectivity index (χ1) is 8.65. The summed E-state index contributed by atoms with van der Waals surface area (Å²) in [4.78, 5) is 2.78. The van der Waals surface area contributed by atoms with Crippen LogP contribution in [-0.2, 0) is 0 Å². The van der Waals surface area contributed by atoms with E-state index in [0.29, 0.717) is 5.41 Å². The Bertz CT molecular complexity index is 249. The largest absolute Gasteiger partial charge is 0.319 e. The predicted octanol–water partition coefficient (Wildman–Crippen LogP) is 3.28. The van der Waals surface area contributed by atoms with Crippen LogP contribution < -0.4 is 5.32 Å². The quantitative estimate of drug-likeness (QED) is 0.826. The second-order valence-corrected chi connectivity index (χ2v) is 7.05. The van der Waals surface area contributed by atoms with Crippen LogP contribution in [-0.4, -0.2) is 37.6 Å². The SMILES string of the molecule is CNCC1(CN2CCCCC2C)CCCC(C)C1. The molecule has 1 saturated heterocycles. The molecule has 1 N–H and O–H groups in total. The second-order valence-electron chi connectivity index (χ2n) is 7.05. The van der Waals surface area contributed by atoms with Gasteiger partial charge in [0.1, 0.15) is 0 Å². The first-order valence-corrected chi connectivity index (χ1v) is 8.04. The van der Waals surface area contributed by atoms with Crippen molar-refractivity contribution in [1.29, 1.82) is 0 Å². The molecule has 3 atom stereocenters. The van der Waals surface area contributed by atoms with Crippen LogP contribution in [0.15, 0.2) is 0 Å². The van der Waals surface area contributed by atoms with Gasteiger partial charge < -0.3 is 10.2 Å². The average molecular weight is 252 g/mol. The first-order valence-electron chi connectivity index (χ1n) is 8.04. The molecular formula is C16H32N2. The highest BCUT2D eigenvalue weighted by Gasteiger charge is 2.37. The molecule has 2 heteroatoms. The Morgan fingerprint density at radius 2 is 2.00 bits per heavy atom. The van der Waals surface area contributed by atoms with Crippen molar-refractivity contribution in [2.24, 2.45) is 11.3 Å². The third-order valence-corrected chi connectivity index (χ3v) is 5.22. The molecule has 0 radical (unpaired) electrons. The first kappa shape index (κ1) is 14.3. The van der Waals surface area contributed by atoms with Gasteiger partial charge in [-0.25, -0.2) is 0 Å². The summed E-state index contributed by atoms with van der Waals surface area (Å²) in [5.74, 6) is 0.923. The van der Waals surface area contributed by atoms with Gasteiger partial charge >= 0.3 is 0 Å². The number of nitrogens with zero attached hydrogens (tertiary/aromatic N) is 1. The van der Waals surface area contributed by atoms with Crippen LogP contribution in [0.4, 0.5) is 0 Å². The molecule has 0 aromatic carbocycles. The lowest BCUT2D eigenvalue weighted by atomic mass is 9.69. The van der Waals surface area contributed by atoms with Gasteiger partial charge in [0.2, 0.25) is 0 Å². The van der Waals surface area contributed by atoms with Gasteiger partial charge in [0, 0.05) is 19.1 Å². The van der Waals surface area contributed by atoms with Crippen LogP contribution in [0.1, 0.15) is 58.8 Å². The van der Waals surface area contributed by atoms with Crippen molar-refractivity contribution in [3.8, 4) is 0 Å². The minimum Gasteiger partial charge on any atom is -0.319 e. The molecule has 0 amide bonds. The summed E-state index contributed by atoms with van der Waals surface area (Å²) in [6, 6.07) is 0.810. The summed E-state index contributed by atoms with van der Waals surface area (Å²) in [5.41, 5.74) is 0.554. The summed E-state index contributed by atoms with van der Waals surface area (Å²) >= 11 is 0. The minimum absolute atomic E-state index is 0.554. The summed E-state index contributed by atoms with van der Waals surface area (Å²) in [6.45, 7) is 8.75. The Morgan fingerprint density at radius 3 is 2.67 bits per heavy atom. The molecule has 0 aromatic rings. The van der Waals surface area contributed by atoms with E-state index in [1.165, 1.54) is 64.6 Å². The van der Waals surface area contributed by atoms with E-state index in [9.17, 15) is 0 Å². The van der Waals surface area contributed by atoms with E-state index in [1.54, 1.807) is 0 Å². The fraction of sp³-hybridized carbons (Fsp3) is 1.00. The number of piperidine rings is 1. The van der Waals surface area contributed by atoms with Crippen LogP contribution in [0, 0.1) is 11.3 Å². The highest BCUT2D eigenvalue weighted by molar-refractivity contribution is 4.91. The van der Waals surface area contributed by atoms with Crippen molar-refractivity contribution in [1.82, 2.24) is 10.2 Å². The smallest absolute Gasteiger partial charge is 0.00671 e. The summed E-state index contributed by atoms with van der Waals surface area (Å²) in [7, 11) is 2.13. The monoisotopic (exact) mass is 252 g/mol. The van der Waals surface area contributed by atoms with Crippen molar-refractivity contribution in [3.63, 3.8) is 0 Å². The Kier molecular flexibility index (Phi) is 5.08. The molecule has 106 valence electrons. The van der Waals surface area contributed by atoms with E-state index < -0.39 is 0 Å². The molecule has 2 fully saturated rings. The van der Waals surface area contributed by atoms with E-state index in [-0.39, 0.29) is 0 Å². The second kappa shape index (κ2) is 6.38. The zero-order chi connectivity index (χ0) is 13.0. The molecule has 1 saturated carbocycles. The maximum atomic E-state index is 3.48. The van der Waals surface area contributed by atoms with Gasteiger partial charge in [-0.05, 0) is 57.5 Å². The Morgan fingerprint density at radius 1 is 1.17 bits per heavy atom. The van der Waals surface area contributed by atoms with E-state index in [0.717, 1.165) is 12.0 Å². The molecular weight excluding hydrogens is 220 g/mol. The van der Waals surface area contributed by atoms with E-state index in [2.05, 4.69) is 31.1 Å². The van der Waals surface area contributed by atoms with E-state index in [4.69, 9.17) is 0 Å². The van der Waals surface area contributed by atoms with Gasteiger partial charge in [-0.1, -0.05) is 26.2 Å². The molecule has 0 spiro atoms. The number of likely N-dealkylation sites (tertiary alicyclic amines) is 1. The van der Waals surface area contributed by atoms with Crippen LogP contribution in [0.25, 0.3) is 0 Å². The van der Waals surface area contributed by atoms with Crippen molar-refractivity contribution < 1.29 is 0 Å². The average Bonchev–Trinajstić information content (AvgIpc) is 2.32. The Hall–Kier alpha value is -0.0800. The topological polar surface area (TPSA) is 15.3 Å². The lowest BCUT2D eigenvalue weighted by Crippen LogP contribution is -2.49.